The molecule has 0 radical (unpaired) electrons. The van der Waals surface area contributed by atoms with Gasteiger partial charge in [-0.25, -0.2) is 14.8 Å². The van der Waals surface area contributed by atoms with Gasteiger partial charge in [0.05, 0.1) is 25.0 Å². The Kier molecular flexibility index (Phi) is 13.0. The number of ether oxygens (including phenoxy) is 1. The van der Waals surface area contributed by atoms with Crippen LogP contribution in [-0.2, 0) is 25.1 Å². The van der Waals surface area contributed by atoms with Crippen molar-refractivity contribution in [3.63, 3.8) is 0 Å². The second-order valence-corrected chi connectivity index (χ2v) is 10.7. The van der Waals surface area contributed by atoms with E-state index < -0.39 is 20.4 Å². The number of hydrogen-bond acceptors (Lipinski definition) is 12. The predicted molar refractivity (Wildman–Crippen MR) is 167 cm³/mol. The number of benzene rings is 2. The van der Waals surface area contributed by atoms with Gasteiger partial charge in [-0.15, -0.1) is 0 Å². The van der Waals surface area contributed by atoms with E-state index >= 15 is 0 Å². The molecule has 14 heteroatoms. The Morgan fingerprint density at radius 1 is 1.02 bits per heavy atom. The van der Waals surface area contributed by atoms with Crippen LogP contribution in [0.15, 0.2) is 66.9 Å². The molecular weight excluding hydrogens is 571 g/mol. The standard InChI is InChI=1S/C23H31N8O5P.C6H6/c1-5-35-22(33)14(2)36-37(34-4)11-10-26-21(32)15-6-8-17(9-7-15)31(3)13-16-12-27-20-18(28-16)19(24)29-23(25)30-20;1-2-4-6-5-3-1/h6-9,12,14H,5,10-11,13H2,1-4H3,(H,26,32)(H4,24,25,27,29,30);1-6H. The summed E-state index contributed by atoms with van der Waals surface area (Å²) >= 11 is 0. The molecule has 1 amide bonds. The van der Waals surface area contributed by atoms with Crippen LogP contribution in [0.5, 0.6) is 0 Å². The number of carbonyl (C=O) groups is 2. The monoisotopic (exact) mass is 608 g/mol. The summed E-state index contributed by atoms with van der Waals surface area (Å²) in [6.07, 6.45) is 1.30. The van der Waals surface area contributed by atoms with Crippen LogP contribution in [0.2, 0.25) is 0 Å². The molecule has 0 aliphatic rings. The van der Waals surface area contributed by atoms with Gasteiger partial charge in [-0.2, -0.15) is 9.97 Å². The maximum Gasteiger partial charge on any atom is 0.335 e. The summed E-state index contributed by atoms with van der Waals surface area (Å²) in [5.41, 5.74) is 14.3. The fourth-order valence-electron chi connectivity index (χ4n) is 3.67. The minimum absolute atomic E-state index is 0.0460. The molecule has 2 aromatic carbocycles. The van der Waals surface area contributed by atoms with Crippen molar-refractivity contribution >= 4 is 48.9 Å². The Labute approximate surface area is 251 Å². The Bertz CT molecular complexity index is 1440. The summed E-state index contributed by atoms with van der Waals surface area (Å²) in [7, 11) is 2.05. The van der Waals surface area contributed by atoms with Gasteiger partial charge in [0.1, 0.15) is 0 Å². The van der Waals surface area contributed by atoms with Gasteiger partial charge >= 0.3 is 5.97 Å². The van der Waals surface area contributed by atoms with Crippen molar-refractivity contribution in [2.24, 2.45) is 0 Å². The van der Waals surface area contributed by atoms with Crippen molar-refractivity contribution in [2.75, 3.05) is 49.8 Å². The fraction of sp³-hybridized carbons (Fsp3) is 0.310. The van der Waals surface area contributed by atoms with Gasteiger partial charge in [0, 0.05) is 38.1 Å². The number of nitrogens with zero attached hydrogens (tertiary/aromatic N) is 5. The number of esters is 1. The highest BCUT2D eigenvalue weighted by Crippen LogP contribution is 2.38. The average molecular weight is 609 g/mol. The maximum atomic E-state index is 12.6. The quantitative estimate of drug-likeness (QED) is 0.157. The zero-order chi connectivity index (χ0) is 31.2. The van der Waals surface area contributed by atoms with Crippen LogP contribution in [0, 0.1) is 0 Å². The molecule has 2 atom stereocenters. The highest BCUT2D eigenvalue weighted by molar-refractivity contribution is 7.47. The number of anilines is 3. The molecule has 2 heterocycles. The van der Waals surface area contributed by atoms with Crippen molar-refractivity contribution in [3.8, 4) is 0 Å². The third-order valence-corrected chi connectivity index (χ3v) is 7.36. The lowest BCUT2D eigenvalue weighted by Crippen LogP contribution is -2.27. The summed E-state index contributed by atoms with van der Waals surface area (Å²) < 4.78 is 15.9. The van der Waals surface area contributed by atoms with E-state index in [9.17, 15) is 9.59 Å². The van der Waals surface area contributed by atoms with Crippen LogP contribution in [0.4, 0.5) is 17.5 Å². The number of amides is 1. The number of hydrogen-bond donors (Lipinski definition) is 3. The Morgan fingerprint density at radius 3 is 2.28 bits per heavy atom. The van der Waals surface area contributed by atoms with E-state index in [1.807, 2.05) is 60.5 Å². The van der Waals surface area contributed by atoms with E-state index in [0.717, 1.165) is 5.69 Å². The van der Waals surface area contributed by atoms with E-state index in [1.54, 1.807) is 32.2 Å². The lowest BCUT2D eigenvalue weighted by Gasteiger charge is -2.20. The molecule has 0 bridgehead atoms. The normalized spacial score (nSPS) is 12.0. The van der Waals surface area contributed by atoms with Crippen molar-refractivity contribution in [3.05, 3.63) is 78.1 Å². The van der Waals surface area contributed by atoms with Gasteiger partial charge in [-0.3, -0.25) is 4.79 Å². The van der Waals surface area contributed by atoms with Crippen molar-refractivity contribution in [2.45, 2.75) is 26.5 Å². The summed E-state index contributed by atoms with van der Waals surface area (Å²) in [5, 5.41) is 2.84. The smallest absolute Gasteiger partial charge is 0.335 e. The molecule has 228 valence electrons. The largest absolute Gasteiger partial charge is 0.464 e. The van der Waals surface area contributed by atoms with E-state index in [-0.39, 0.29) is 24.3 Å². The number of carbonyl (C=O) groups excluding carboxylic acids is 2. The maximum absolute atomic E-state index is 12.6. The number of nitrogens with one attached hydrogen (secondary N) is 1. The third kappa shape index (κ3) is 10.4. The lowest BCUT2D eigenvalue weighted by atomic mass is 10.2. The minimum atomic E-state index is -1.35. The first-order chi connectivity index (χ1) is 20.7. The van der Waals surface area contributed by atoms with Gasteiger partial charge in [0.2, 0.25) is 5.95 Å². The summed E-state index contributed by atoms with van der Waals surface area (Å²) in [6, 6.07) is 19.2. The summed E-state index contributed by atoms with van der Waals surface area (Å²) in [5.74, 6) is -0.455. The van der Waals surface area contributed by atoms with Gasteiger partial charge in [0.25, 0.3) is 5.91 Å². The molecular formula is C29H37N8O5P. The topological polar surface area (TPSA) is 181 Å². The molecule has 2 aromatic heterocycles. The van der Waals surface area contributed by atoms with Crippen LogP contribution in [0.1, 0.15) is 29.9 Å². The first kappa shape index (κ1) is 33.1. The first-order valence-corrected chi connectivity index (χ1v) is 14.9. The van der Waals surface area contributed by atoms with Crippen LogP contribution >= 0.6 is 8.38 Å². The highest BCUT2D eigenvalue weighted by Gasteiger charge is 2.21. The molecule has 0 aliphatic carbocycles. The lowest BCUT2D eigenvalue weighted by molar-refractivity contribution is -0.150. The average Bonchev–Trinajstić information content (AvgIpc) is 3.02. The molecule has 0 fully saturated rings. The van der Waals surface area contributed by atoms with Crippen LogP contribution in [0.3, 0.4) is 0 Å². The molecule has 5 N–H and O–H groups in total. The molecule has 0 saturated carbocycles. The molecule has 2 unspecified atom stereocenters. The zero-order valence-electron chi connectivity index (χ0n) is 24.6. The number of rotatable bonds is 12. The number of aromatic nitrogens is 4. The van der Waals surface area contributed by atoms with Gasteiger partial charge in [0.15, 0.2) is 31.5 Å². The van der Waals surface area contributed by atoms with Gasteiger partial charge in [-0.05, 0) is 38.1 Å². The van der Waals surface area contributed by atoms with Gasteiger partial charge < -0.3 is 35.5 Å². The fourth-order valence-corrected chi connectivity index (χ4v) is 4.78. The molecule has 43 heavy (non-hydrogen) atoms. The Balaban J connectivity index is 0.000000749. The van der Waals surface area contributed by atoms with Crippen LogP contribution in [-0.4, -0.2) is 71.4 Å². The van der Waals surface area contributed by atoms with E-state index in [4.69, 9.17) is 25.3 Å². The van der Waals surface area contributed by atoms with Crippen LogP contribution in [0.25, 0.3) is 11.2 Å². The Morgan fingerprint density at radius 2 is 1.67 bits per heavy atom. The third-order valence-electron chi connectivity index (χ3n) is 5.82. The first-order valence-electron chi connectivity index (χ1n) is 13.5. The minimum Gasteiger partial charge on any atom is -0.464 e. The van der Waals surface area contributed by atoms with Crippen molar-refractivity contribution in [1.29, 1.82) is 0 Å². The number of nitrogens with two attached hydrogens (primary N) is 2. The van der Waals surface area contributed by atoms with E-state index in [2.05, 4.69) is 25.3 Å². The number of nitrogen functional groups attached to an aromatic ring is 2. The van der Waals surface area contributed by atoms with E-state index in [1.165, 1.54) is 7.11 Å². The Hall–Kier alpha value is -4.45. The summed E-state index contributed by atoms with van der Waals surface area (Å²) in [6.45, 7) is 4.39. The van der Waals surface area contributed by atoms with E-state index in [0.29, 0.717) is 41.7 Å². The molecule has 0 aliphatic heterocycles. The number of fused-ring (bicyclic) bond motifs is 1. The molecule has 0 spiro atoms. The summed E-state index contributed by atoms with van der Waals surface area (Å²) in [4.78, 5) is 43.0. The molecule has 4 rings (SSSR count). The SMILES string of the molecule is CCOC(=O)C(C)OP(CCNC(=O)c1ccc(N(C)Cc2cnc3nc(N)nc(N)c3n2)cc1)OC.c1ccccc1. The van der Waals surface area contributed by atoms with Crippen LogP contribution < -0.4 is 21.7 Å². The zero-order valence-corrected chi connectivity index (χ0v) is 25.5. The molecule has 13 nitrogen and oxygen atoms in total. The predicted octanol–water partition coefficient (Wildman–Crippen LogP) is 3.56. The highest BCUT2D eigenvalue weighted by atomic mass is 31.2. The second kappa shape index (κ2) is 16.9. The molecule has 4 aromatic rings. The second-order valence-electron chi connectivity index (χ2n) is 9.05. The molecule has 0 saturated heterocycles. The van der Waals surface area contributed by atoms with Crippen molar-refractivity contribution in [1.82, 2.24) is 25.3 Å². The van der Waals surface area contributed by atoms with Gasteiger partial charge in [-0.1, -0.05) is 36.4 Å². The van der Waals surface area contributed by atoms with Crippen molar-refractivity contribution < 1.29 is 23.4 Å².